The molecule has 0 spiro atoms. The van der Waals surface area contributed by atoms with Crippen LogP contribution < -0.4 is 11.3 Å². The molecule has 0 bridgehead atoms. The number of benzene rings is 2. The fraction of sp³-hybridized carbons (Fsp3) is 0.235. The van der Waals surface area contributed by atoms with Crippen LogP contribution in [0, 0.1) is 0 Å². The van der Waals surface area contributed by atoms with Crippen molar-refractivity contribution in [3.8, 4) is 0 Å². The number of nitrogens with one attached hydrogen (secondary N) is 1. The lowest BCUT2D eigenvalue weighted by Gasteiger charge is -2.22. The lowest BCUT2D eigenvalue weighted by Crippen LogP contribution is -2.19. The average molecular weight is 265 g/mol. The van der Waals surface area contributed by atoms with Gasteiger partial charge in [0.2, 0.25) is 0 Å². The average Bonchev–Trinajstić information content (AvgIpc) is 2.44. The Morgan fingerprint density at radius 2 is 1.70 bits per heavy atom. The summed E-state index contributed by atoms with van der Waals surface area (Å²) in [5.74, 6) is 6.42. The molecule has 0 aliphatic rings. The van der Waals surface area contributed by atoms with Crippen LogP contribution in [0.1, 0.15) is 26.3 Å². The second-order valence-electron chi connectivity index (χ2n) is 6.14. The van der Waals surface area contributed by atoms with Crippen molar-refractivity contribution >= 4 is 27.5 Å². The van der Waals surface area contributed by atoms with Crippen molar-refractivity contribution < 1.29 is 0 Å². The van der Waals surface area contributed by atoms with E-state index in [0.717, 1.165) is 27.7 Å². The minimum Gasteiger partial charge on any atom is -0.308 e. The molecule has 0 saturated carbocycles. The summed E-state index contributed by atoms with van der Waals surface area (Å²) in [7, 11) is 0. The zero-order chi connectivity index (χ0) is 14.3. The largest absolute Gasteiger partial charge is 0.308 e. The molecule has 0 saturated heterocycles. The van der Waals surface area contributed by atoms with Crippen LogP contribution in [0.3, 0.4) is 0 Å². The van der Waals surface area contributed by atoms with Crippen LogP contribution >= 0.6 is 0 Å². The zero-order valence-electron chi connectivity index (χ0n) is 12.1. The molecule has 3 nitrogen and oxygen atoms in total. The molecular weight excluding hydrogens is 246 g/mol. The van der Waals surface area contributed by atoms with Crippen LogP contribution in [0.4, 0.5) is 5.82 Å². The predicted octanol–water partition coefficient (Wildman–Crippen LogP) is 3.97. The number of nitrogen functional groups attached to an aromatic ring is 1. The van der Waals surface area contributed by atoms with E-state index in [1.165, 1.54) is 5.39 Å². The molecule has 0 unspecified atom stereocenters. The van der Waals surface area contributed by atoms with Gasteiger partial charge in [-0.05, 0) is 16.9 Å². The Kier molecular flexibility index (Phi) is 2.87. The van der Waals surface area contributed by atoms with Gasteiger partial charge in [0.05, 0.1) is 5.52 Å². The first-order valence-electron chi connectivity index (χ1n) is 6.80. The van der Waals surface area contributed by atoms with Crippen molar-refractivity contribution in [2.24, 2.45) is 5.84 Å². The Bertz CT molecular complexity index is 785. The fourth-order valence-corrected chi connectivity index (χ4v) is 2.59. The van der Waals surface area contributed by atoms with Crippen molar-refractivity contribution in [3.05, 3.63) is 48.0 Å². The summed E-state index contributed by atoms with van der Waals surface area (Å²) in [4.78, 5) is 4.75. The Balaban J connectivity index is 2.41. The minimum absolute atomic E-state index is 0.00542. The summed E-state index contributed by atoms with van der Waals surface area (Å²) in [5.41, 5.74) is 4.86. The SMILES string of the molecule is CC(C)(C)c1cc2ccc3ccccc3c2nc1NN. The third kappa shape index (κ3) is 2.00. The second kappa shape index (κ2) is 4.46. The van der Waals surface area contributed by atoms with Gasteiger partial charge in [0.1, 0.15) is 5.82 Å². The van der Waals surface area contributed by atoms with Gasteiger partial charge in [-0.1, -0.05) is 57.2 Å². The number of nitrogens with two attached hydrogens (primary N) is 1. The smallest absolute Gasteiger partial charge is 0.144 e. The van der Waals surface area contributed by atoms with Crippen LogP contribution in [-0.2, 0) is 5.41 Å². The highest BCUT2D eigenvalue weighted by molar-refractivity contribution is 6.05. The number of pyridine rings is 1. The number of aromatic nitrogens is 1. The molecule has 1 aromatic heterocycles. The Morgan fingerprint density at radius 1 is 1.00 bits per heavy atom. The van der Waals surface area contributed by atoms with E-state index in [9.17, 15) is 0 Å². The standard InChI is InChI=1S/C17H19N3/c1-17(2,3)14-10-12-9-8-11-6-4-5-7-13(11)15(12)19-16(14)20-18/h4-10H,18H2,1-3H3,(H,19,20). The van der Waals surface area contributed by atoms with Crippen molar-refractivity contribution in [2.75, 3.05) is 5.43 Å². The van der Waals surface area contributed by atoms with E-state index < -0.39 is 0 Å². The molecule has 2 aromatic carbocycles. The molecule has 3 N–H and O–H groups in total. The van der Waals surface area contributed by atoms with E-state index in [2.05, 4.69) is 56.5 Å². The van der Waals surface area contributed by atoms with E-state index in [-0.39, 0.29) is 5.41 Å². The van der Waals surface area contributed by atoms with Gasteiger partial charge in [-0.3, -0.25) is 0 Å². The lowest BCUT2D eigenvalue weighted by atomic mass is 9.86. The number of anilines is 1. The van der Waals surface area contributed by atoms with Gasteiger partial charge in [0, 0.05) is 16.3 Å². The highest BCUT2D eigenvalue weighted by Crippen LogP contribution is 2.33. The van der Waals surface area contributed by atoms with Gasteiger partial charge >= 0.3 is 0 Å². The Labute approximate surface area is 118 Å². The molecule has 0 atom stereocenters. The number of nitrogens with zero attached hydrogens (tertiary/aromatic N) is 1. The van der Waals surface area contributed by atoms with Crippen LogP contribution in [-0.4, -0.2) is 4.98 Å². The molecule has 1 heterocycles. The lowest BCUT2D eigenvalue weighted by molar-refractivity contribution is 0.590. The van der Waals surface area contributed by atoms with E-state index in [4.69, 9.17) is 10.8 Å². The molecule has 3 heteroatoms. The molecule has 0 radical (unpaired) electrons. The topological polar surface area (TPSA) is 50.9 Å². The first-order valence-corrected chi connectivity index (χ1v) is 6.80. The van der Waals surface area contributed by atoms with E-state index in [1.807, 2.05) is 12.1 Å². The Morgan fingerprint density at radius 3 is 2.40 bits per heavy atom. The molecule has 0 aliphatic heterocycles. The summed E-state index contributed by atoms with van der Waals surface area (Å²) in [6.07, 6.45) is 0. The molecule has 0 fully saturated rings. The van der Waals surface area contributed by atoms with Gasteiger partial charge < -0.3 is 5.43 Å². The summed E-state index contributed by atoms with van der Waals surface area (Å²) in [6.45, 7) is 6.49. The summed E-state index contributed by atoms with van der Waals surface area (Å²) in [5, 5.41) is 3.49. The van der Waals surface area contributed by atoms with Gasteiger partial charge in [0.15, 0.2) is 0 Å². The van der Waals surface area contributed by atoms with Crippen LogP contribution in [0.2, 0.25) is 0 Å². The number of hydrazine groups is 1. The molecule has 3 rings (SSSR count). The second-order valence-corrected chi connectivity index (χ2v) is 6.14. The number of fused-ring (bicyclic) bond motifs is 3. The van der Waals surface area contributed by atoms with Gasteiger partial charge in [-0.2, -0.15) is 0 Å². The normalized spacial score (nSPS) is 12.0. The van der Waals surface area contributed by atoms with Crippen molar-refractivity contribution in [2.45, 2.75) is 26.2 Å². The van der Waals surface area contributed by atoms with E-state index in [1.54, 1.807) is 0 Å². The zero-order valence-corrected chi connectivity index (χ0v) is 12.1. The van der Waals surface area contributed by atoms with Crippen LogP contribution in [0.15, 0.2) is 42.5 Å². The van der Waals surface area contributed by atoms with Crippen molar-refractivity contribution in [1.82, 2.24) is 4.98 Å². The molecule has 0 aliphatic carbocycles. The molecule has 0 amide bonds. The predicted molar refractivity (Wildman–Crippen MR) is 85.8 cm³/mol. The van der Waals surface area contributed by atoms with Crippen molar-refractivity contribution in [3.63, 3.8) is 0 Å². The van der Waals surface area contributed by atoms with Crippen molar-refractivity contribution in [1.29, 1.82) is 0 Å². The number of hydrogen-bond acceptors (Lipinski definition) is 3. The fourth-order valence-electron chi connectivity index (χ4n) is 2.59. The van der Waals surface area contributed by atoms with Gasteiger partial charge in [0.25, 0.3) is 0 Å². The third-order valence-corrected chi connectivity index (χ3v) is 3.66. The van der Waals surface area contributed by atoms with Crippen LogP contribution in [0.25, 0.3) is 21.7 Å². The maximum absolute atomic E-state index is 5.67. The summed E-state index contributed by atoms with van der Waals surface area (Å²) >= 11 is 0. The first-order chi connectivity index (χ1) is 9.50. The monoisotopic (exact) mass is 265 g/mol. The van der Waals surface area contributed by atoms with Gasteiger partial charge in [-0.25, -0.2) is 10.8 Å². The number of hydrogen-bond donors (Lipinski definition) is 2. The molecule has 20 heavy (non-hydrogen) atoms. The molecular formula is C17H19N3. The highest BCUT2D eigenvalue weighted by atomic mass is 15.2. The quantitative estimate of drug-likeness (QED) is 0.397. The van der Waals surface area contributed by atoms with Crippen LogP contribution in [0.5, 0.6) is 0 Å². The van der Waals surface area contributed by atoms with E-state index >= 15 is 0 Å². The Hall–Kier alpha value is -2.13. The van der Waals surface area contributed by atoms with Gasteiger partial charge in [-0.15, -0.1) is 0 Å². The maximum atomic E-state index is 5.67. The minimum atomic E-state index is -0.00542. The molecule has 3 aromatic rings. The maximum Gasteiger partial charge on any atom is 0.144 e. The van der Waals surface area contributed by atoms with E-state index in [0.29, 0.717) is 0 Å². The summed E-state index contributed by atoms with van der Waals surface area (Å²) < 4.78 is 0. The highest BCUT2D eigenvalue weighted by Gasteiger charge is 2.20. The number of rotatable bonds is 1. The first kappa shape index (κ1) is 12.9. The third-order valence-electron chi connectivity index (χ3n) is 3.66. The molecule has 102 valence electrons. The summed E-state index contributed by atoms with van der Waals surface area (Å²) in [6, 6.07) is 14.7.